The van der Waals surface area contributed by atoms with E-state index in [1.165, 1.54) is 5.56 Å². The van der Waals surface area contributed by atoms with E-state index in [1.54, 1.807) is 4.31 Å². The van der Waals surface area contributed by atoms with Crippen LogP contribution in [0.3, 0.4) is 0 Å². The molecule has 1 atom stereocenters. The average Bonchev–Trinajstić information content (AvgIpc) is 2.88. The van der Waals surface area contributed by atoms with Crippen molar-refractivity contribution in [3.05, 3.63) is 35.4 Å². The van der Waals surface area contributed by atoms with Crippen molar-refractivity contribution in [2.75, 3.05) is 19.6 Å². The lowest BCUT2D eigenvalue weighted by atomic mass is 10.1. The molecule has 0 spiro atoms. The minimum absolute atomic E-state index is 0.113. The molecule has 1 unspecified atom stereocenters. The van der Waals surface area contributed by atoms with Crippen LogP contribution in [0.5, 0.6) is 0 Å². The molecule has 21 heavy (non-hydrogen) atoms. The third-order valence-electron chi connectivity index (χ3n) is 3.91. The zero-order valence-electron chi connectivity index (χ0n) is 13.0. The van der Waals surface area contributed by atoms with Crippen molar-refractivity contribution in [1.82, 2.24) is 9.62 Å². The van der Waals surface area contributed by atoms with Crippen LogP contribution in [-0.4, -0.2) is 32.4 Å². The first-order valence-corrected chi connectivity index (χ1v) is 9.38. The van der Waals surface area contributed by atoms with Crippen LogP contribution in [0, 0.1) is 5.92 Å². The van der Waals surface area contributed by atoms with Crippen molar-refractivity contribution >= 4 is 10.0 Å². The standard InChI is InChI=1S/C16H26N2O2S/c1-3-9-17-11-15-4-6-16(7-5-15)13-21(19,20)18-10-8-14(2)12-18/h4-7,14,17H,3,8-13H2,1-2H3. The van der Waals surface area contributed by atoms with Gasteiger partial charge in [0.05, 0.1) is 5.75 Å². The molecule has 0 aromatic heterocycles. The first-order valence-electron chi connectivity index (χ1n) is 7.77. The smallest absolute Gasteiger partial charge is 0.218 e. The maximum Gasteiger partial charge on any atom is 0.218 e. The first-order chi connectivity index (χ1) is 10.0. The van der Waals surface area contributed by atoms with E-state index in [0.717, 1.165) is 31.5 Å². The maximum absolute atomic E-state index is 12.4. The highest BCUT2D eigenvalue weighted by Gasteiger charge is 2.29. The molecule has 1 heterocycles. The van der Waals surface area contributed by atoms with Gasteiger partial charge in [-0.3, -0.25) is 0 Å². The summed E-state index contributed by atoms with van der Waals surface area (Å²) in [7, 11) is -3.16. The Labute approximate surface area is 128 Å². The Morgan fingerprint density at radius 1 is 1.24 bits per heavy atom. The van der Waals surface area contributed by atoms with Gasteiger partial charge in [-0.2, -0.15) is 0 Å². The third kappa shape index (κ3) is 4.80. The van der Waals surface area contributed by atoms with Gasteiger partial charge in [-0.1, -0.05) is 38.1 Å². The second kappa shape index (κ2) is 7.38. The number of sulfonamides is 1. The zero-order chi connectivity index (χ0) is 15.3. The number of benzene rings is 1. The quantitative estimate of drug-likeness (QED) is 0.787. The molecular weight excluding hydrogens is 284 g/mol. The molecule has 1 N–H and O–H groups in total. The van der Waals surface area contributed by atoms with Gasteiger partial charge in [0.2, 0.25) is 10.0 Å². The predicted octanol–water partition coefficient (Wildman–Crippen LogP) is 2.36. The fraction of sp³-hybridized carbons (Fsp3) is 0.625. The highest BCUT2D eigenvalue weighted by atomic mass is 32.2. The number of hydrogen-bond acceptors (Lipinski definition) is 3. The topological polar surface area (TPSA) is 49.4 Å². The van der Waals surface area contributed by atoms with E-state index in [-0.39, 0.29) is 5.75 Å². The highest BCUT2D eigenvalue weighted by Crippen LogP contribution is 2.21. The number of rotatable bonds is 7. The van der Waals surface area contributed by atoms with Gasteiger partial charge in [0, 0.05) is 19.6 Å². The van der Waals surface area contributed by atoms with E-state index in [4.69, 9.17) is 0 Å². The number of hydrogen-bond donors (Lipinski definition) is 1. The molecular formula is C16H26N2O2S. The van der Waals surface area contributed by atoms with Crippen LogP contribution in [0.15, 0.2) is 24.3 Å². The van der Waals surface area contributed by atoms with Crippen LogP contribution in [0.4, 0.5) is 0 Å². The lowest BCUT2D eigenvalue weighted by Gasteiger charge is -2.16. The molecule has 0 amide bonds. The molecule has 1 fully saturated rings. The first kappa shape index (κ1) is 16.5. The Bertz CT molecular complexity index is 540. The molecule has 0 aliphatic carbocycles. The lowest BCUT2D eigenvalue weighted by molar-refractivity contribution is 0.463. The minimum Gasteiger partial charge on any atom is -0.313 e. The molecule has 1 aliphatic rings. The van der Waals surface area contributed by atoms with Crippen LogP contribution in [0.1, 0.15) is 37.8 Å². The Hall–Kier alpha value is -0.910. The van der Waals surface area contributed by atoms with E-state index >= 15 is 0 Å². The monoisotopic (exact) mass is 310 g/mol. The molecule has 2 rings (SSSR count). The van der Waals surface area contributed by atoms with E-state index in [0.29, 0.717) is 19.0 Å². The molecule has 1 aromatic rings. The van der Waals surface area contributed by atoms with Crippen molar-refractivity contribution in [1.29, 1.82) is 0 Å². The van der Waals surface area contributed by atoms with Gasteiger partial charge >= 0.3 is 0 Å². The van der Waals surface area contributed by atoms with Gasteiger partial charge in [0.25, 0.3) is 0 Å². The molecule has 1 saturated heterocycles. The summed E-state index contributed by atoms with van der Waals surface area (Å²) >= 11 is 0. The predicted molar refractivity (Wildman–Crippen MR) is 86.4 cm³/mol. The lowest BCUT2D eigenvalue weighted by Crippen LogP contribution is -2.29. The van der Waals surface area contributed by atoms with Gasteiger partial charge < -0.3 is 5.32 Å². The third-order valence-corrected chi connectivity index (χ3v) is 5.72. The van der Waals surface area contributed by atoms with E-state index in [9.17, 15) is 8.42 Å². The van der Waals surface area contributed by atoms with Gasteiger partial charge in [-0.25, -0.2) is 12.7 Å². The highest BCUT2D eigenvalue weighted by molar-refractivity contribution is 7.88. The Morgan fingerprint density at radius 3 is 2.48 bits per heavy atom. The molecule has 118 valence electrons. The summed E-state index contributed by atoms with van der Waals surface area (Å²) in [5.41, 5.74) is 2.06. The summed E-state index contributed by atoms with van der Waals surface area (Å²) < 4.78 is 26.3. The van der Waals surface area contributed by atoms with Gasteiger partial charge in [0.15, 0.2) is 0 Å². The average molecular weight is 310 g/mol. The summed E-state index contributed by atoms with van der Waals surface area (Å²) in [5, 5.41) is 3.34. The van der Waals surface area contributed by atoms with Gasteiger partial charge in [0.1, 0.15) is 0 Å². The fourth-order valence-electron chi connectivity index (χ4n) is 2.61. The Morgan fingerprint density at radius 2 is 1.90 bits per heavy atom. The molecule has 0 saturated carbocycles. The van der Waals surface area contributed by atoms with Gasteiger partial charge in [-0.15, -0.1) is 0 Å². The summed E-state index contributed by atoms with van der Waals surface area (Å²) in [6, 6.07) is 7.89. The SMILES string of the molecule is CCCNCc1ccc(CS(=O)(=O)N2CCC(C)C2)cc1. The van der Waals surface area contributed by atoms with Crippen LogP contribution in [0.2, 0.25) is 0 Å². The van der Waals surface area contributed by atoms with Crippen molar-refractivity contribution < 1.29 is 8.42 Å². The maximum atomic E-state index is 12.4. The summed E-state index contributed by atoms with van der Waals surface area (Å²) in [6.07, 6.45) is 2.09. The van der Waals surface area contributed by atoms with Crippen molar-refractivity contribution in [3.8, 4) is 0 Å². The van der Waals surface area contributed by atoms with Crippen molar-refractivity contribution in [2.24, 2.45) is 5.92 Å². The molecule has 0 bridgehead atoms. The summed E-state index contributed by atoms with van der Waals surface area (Å²) in [6.45, 7) is 7.42. The van der Waals surface area contributed by atoms with Crippen LogP contribution in [0.25, 0.3) is 0 Å². The van der Waals surface area contributed by atoms with E-state index in [2.05, 4.69) is 19.2 Å². The van der Waals surface area contributed by atoms with Gasteiger partial charge in [-0.05, 0) is 36.4 Å². The fourth-order valence-corrected chi connectivity index (χ4v) is 4.27. The van der Waals surface area contributed by atoms with E-state index < -0.39 is 10.0 Å². The van der Waals surface area contributed by atoms with Crippen LogP contribution >= 0.6 is 0 Å². The normalized spacial score (nSPS) is 20.0. The van der Waals surface area contributed by atoms with E-state index in [1.807, 2.05) is 24.3 Å². The zero-order valence-corrected chi connectivity index (χ0v) is 13.8. The molecule has 0 radical (unpaired) electrons. The van der Waals surface area contributed by atoms with Crippen molar-refractivity contribution in [3.63, 3.8) is 0 Å². The second-order valence-electron chi connectivity index (χ2n) is 6.00. The Balaban J connectivity index is 1.93. The molecule has 4 nitrogen and oxygen atoms in total. The summed E-state index contributed by atoms with van der Waals surface area (Å²) in [5.74, 6) is 0.592. The molecule has 5 heteroatoms. The van der Waals surface area contributed by atoms with Crippen LogP contribution in [-0.2, 0) is 22.3 Å². The number of nitrogens with one attached hydrogen (secondary N) is 1. The number of nitrogens with zero attached hydrogens (tertiary/aromatic N) is 1. The largest absolute Gasteiger partial charge is 0.313 e. The molecule has 1 aromatic carbocycles. The Kier molecular flexibility index (Phi) is 5.79. The molecule has 1 aliphatic heterocycles. The second-order valence-corrected chi connectivity index (χ2v) is 7.97. The minimum atomic E-state index is -3.16. The summed E-state index contributed by atoms with van der Waals surface area (Å²) in [4.78, 5) is 0. The van der Waals surface area contributed by atoms with Crippen molar-refractivity contribution in [2.45, 2.75) is 39.0 Å². The van der Waals surface area contributed by atoms with Crippen LogP contribution < -0.4 is 5.32 Å².